The molecule has 0 aromatic heterocycles. The van der Waals surface area contributed by atoms with Crippen molar-refractivity contribution in [2.24, 2.45) is 0 Å². The second-order valence-corrected chi connectivity index (χ2v) is 3.76. The Morgan fingerprint density at radius 2 is 1.38 bits per heavy atom. The molecular formula is C6Cl3F3S. The first kappa shape index (κ1) is 11.3. The average molecular weight is 267 g/mol. The molecule has 0 spiro atoms. The summed E-state index contributed by atoms with van der Waals surface area (Å²) in [6.45, 7) is 0. The van der Waals surface area contributed by atoms with E-state index in [0.29, 0.717) is 11.0 Å². The van der Waals surface area contributed by atoms with Gasteiger partial charge in [0.05, 0.1) is 14.9 Å². The van der Waals surface area contributed by atoms with E-state index < -0.39 is 32.4 Å². The lowest BCUT2D eigenvalue weighted by Gasteiger charge is -2.05. The highest BCUT2D eigenvalue weighted by Gasteiger charge is 2.22. The van der Waals surface area contributed by atoms with Gasteiger partial charge in [0.15, 0.2) is 17.5 Å². The lowest BCUT2D eigenvalue weighted by Crippen LogP contribution is -1.95. The lowest BCUT2D eigenvalue weighted by molar-refractivity contribution is 0.436. The van der Waals surface area contributed by atoms with Crippen LogP contribution in [0.1, 0.15) is 0 Å². The van der Waals surface area contributed by atoms with Crippen LogP contribution in [0, 0.1) is 17.5 Å². The van der Waals surface area contributed by atoms with Gasteiger partial charge in [-0.25, -0.2) is 13.2 Å². The van der Waals surface area contributed by atoms with Gasteiger partial charge in [-0.15, -0.1) is 0 Å². The quantitative estimate of drug-likeness (QED) is 0.527. The van der Waals surface area contributed by atoms with Gasteiger partial charge in [-0.3, -0.25) is 0 Å². The van der Waals surface area contributed by atoms with Crippen molar-refractivity contribution in [3.63, 3.8) is 0 Å². The summed E-state index contributed by atoms with van der Waals surface area (Å²) < 4.78 is 38.2. The second kappa shape index (κ2) is 4.17. The van der Waals surface area contributed by atoms with Crippen LogP contribution in [0.2, 0.25) is 10.0 Å². The number of benzene rings is 1. The Balaban J connectivity index is 3.56. The molecule has 0 nitrogen and oxygen atoms in total. The van der Waals surface area contributed by atoms with Crippen molar-refractivity contribution in [2.45, 2.75) is 4.90 Å². The van der Waals surface area contributed by atoms with Gasteiger partial charge in [0, 0.05) is 0 Å². The van der Waals surface area contributed by atoms with Crippen LogP contribution >= 0.6 is 44.9 Å². The minimum atomic E-state index is -1.68. The van der Waals surface area contributed by atoms with Gasteiger partial charge >= 0.3 is 0 Å². The highest BCUT2D eigenvalue weighted by Crippen LogP contribution is 2.40. The second-order valence-electron chi connectivity index (χ2n) is 1.98. The molecule has 0 amide bonds. The van der Waals surface area contributed by atoms with Gasteiger partial charge < -0.3 is 0 Å². The molecule has 0 aliphatic rings. The fourth-order valence-corrected chi connectivity index (χ4v) is 2.05. The van der Waals surface area contributed by atoms with E-state index in [0.717, 1.165) is 0 Å². The normalized spacial score (nSPS) is 10.6. The van der Waals surface area contributed by atoms with E-state index in [9.17, 15) is 13.2 Å². The Hall–Kier alpha value is 0.230. The molecule has 1 rings (SSSR count). The van der Waals surface area contributed by atoms with Crippen molar-refractivity contribution in [1.29, 1.82) is 0 Å². The molecule has 13 heavy (non-hydrogen) atoms. The Morgan fingerprint density at radius 3 is 1.85 bits per heavy atom. The van der Waals surface area contributed by atoms with Gasteiger partial charge in [0.1, 0.15) is 0 Å². The third kappa shape index (κ3) is 1.86. The Bertz CT molecular complexity index is 326. The molecule has 0 saturated heterocycles. The Morgan fingerprint density at radius 1 is 0.846 bits per heavy atom. The highest BCUT2D eigenvalue weighted by molar-refractivity contribution is 8.21. The summed E-state index contributed by atoms with van der Waals surface area (Å²) in [5, 5.41) is -1.11. The fraction of sp³-hybridized carbons (Fsp3) is 0. The van der Waals surface area contributed by atoms with Crippen LogP contribution in [0.25, 0.3) is 0 Å². The van der Waals surface area contributed by atoms with Crippen LogP contribution in [0.15, 0.2) is 4.90 Å². The third-order valence-electron chi connectivity index (χ3n) is 1.25. The maximum Gasteiger partial charge on any atom is 0.197 e. The van der Waals surface area contributed by atoms with Crippen LogP contribution < -0.4 is 0 Å². The summed E-state index contributed by atoms with van der Waals surface area (Å²) in [4.78, 5) is -0.424. The predicted octanol–water partition coefficient (Wildman–Crippen LogP) is 4.66. The van der Waals surface area contributed by atoms with Crippen LogP contribution in [0.4, 0.5) is 13.2 Å². The van der Waals surface area contributed by atoms with Crippen LogP contribution in [-0.2, 0) is 0 Å². The molecule has 72 valence electrons. The Labute approximate surface area is 90.5 Å². The largest absolute Gasteiger partial charge is 0.202 e. The first-order valence-corrected chi connectivity index (χ1v) is 5.20. The summed E-state index contributed by atoms with van der Waals surface area (Å²) >= 11 is 10.6. The molecule has 7 heteroatoms. The van der Waals surface area contributed by atoms with E-state index in [1.165, 1.54) is 0 Å². The van der Waals surface area contributed by atoms with E-state index in [1.807, 2.05) is 0 Å². The SMILES string of the molecule is Fc1c(F)c(Cl)c(Cl)c(SCl)c1F. The molecule has 1 aromatic carbocycles. The number of hydrogen-bond donors (Lipinski definition) is 0. The average Bonchev–Trinajstić information content (AvgIpc) is 2.13. The third-order valence-corrected chi connectivity index (χ3v) is 3.19. The number of halogens is 6. The van der Waals surface area contributed by atoms with Crippen molar-refractivity contribution in [2.75, 3.05) is 0 Å². The molecule has 0 unspecified atom stereocenters. The van der Waals surface area contributed by atoms with Crippen molar-refractivity contribution >= 4 is 44.9 Å². The molecule has 0 heterocycles. The molecule has 0 saturated carbocycles. The Kier molecular flexibility index (Phi) is 3.63. The first-order valence-electron chi connectivity index (χ1n) is 2.80. The summed E-state index contributed by atoms with van der Waals surface area (Å²) in [6, 6.07) is 0. The molecule has 1 aromatic rings. The molecule has 0 atom stereocenters. The minimum absolute atomic E-state index is 0.333. The zero-order valence-corrected chi connectivity index (χ0v) is 8.76. The zero-order valence-electron chi connectivity index (χ0n) is 5.68. The van der Waals surface area contributed by atoms with Crippen molar-refractivity contribution < 1.29 is 13.2 Å². The monoisotopic (exact) mass is 266 g/mol. The summed E-state index contributed by atoms with van der Waals surface area (Å²) in [5.41, 5.74) is 0. The van der Waals surface area contributed by atoms with Gasteiger partial charge in [0.25, 0.3) is 0 Å². The molecule has 0 bridgehead atoms. The van der Waals surface area contributed by atoms with Crippen molar-refractivity contribution in [3.8, 4) is 0 Å². The molecule has 0 N–H and O–H groups in total. The first-order chi connectivity index (χ1) is 6.00. The van der Waals surface area contributed by atoms with Crippen molar-refractivity contribution in [3.05, 3.63) is 27.5 Å². The summed E-state index contributed by atoms with van der Waals surface area (Å²) in [7, 11) is 5.51. The summed E-state index contributed by atoms with van der Waals surface area (Å²) in [6.07, 6.45) is 0. The number of rotatable bonds is 1. The minimum Gasteiger partial charge on any atom is -0.202 e. The van der Waals surface area contributed by atoms with Gasteiger partial charge in [-0.05, 0) is 21.7 Å². The maximum atomic E-state index is 12.8. The lowest BCUT2D eigenvalue weighted by atomic mass is 10.3. The molecule has 0 aliphatic carbocycles. The molecule has 0 radical (unpaired) electrons. The standard InChI is InChI=1S/C6Cl3F3S/c7-1-2(8)6(13-9)5(12)4(11)3(1)10. The highest BCUT2D eigenvalue weighted by atomic mass is 35.7. The maximum absolute atomic E-state index is 12.8. The fourth-order valence-electron chi connectivity index (χ4n) is 0.652. The van der Waals surface area contributed by atoms with Gasteiger partial charge in [0.2, 0.25) is 0 Å². The van der Waals surface area contributed by atoms with Crippen LogP contribution in [0.5, 0.6) is 0 Å². The van der Waals surface area contributed by atoms with E-state index in [1.54, 1.807) is 0 Å². The van der Waals surface area contributed by atoms with E-state index in [-0.39, 0.29) is 0 Å². The van der Waals surface area contributed by atoms with Gasteiger partial charge in [-0.2, -0.15) is 0 Å². The summed E-state index contributed by atoms with van der Waals surface area (Å²) in [5.74, 6) is -4.64. The number of hydrogen-bond acceptors (Lipinski definition) is 1. The van der Waals surface area contributed by atoms with E-state index in [4.69, 9.17) is 33.9 Å². The molecule has 0 fully saturated rings. The van der Waals surface area contributed by atoms with Gasteiger partial charge in [-0.1, -0.05) is 23.2 Å². The smallest absolute Gasteiger partial charge is 0.197 e. The van der Waals surface area contributed by atoms with Crippen LogP contribution in [0.3, 0.4) is 0 Å². The van der Waals surface area contributed by atoms with Crippen LogP contribution in [-0.4, -0.2) is 0 Å². The molecular weight excluding hydrogens is 267 g/mol. The predicted molar refractivity (Wildman–Crippen MR) is 48.0 cm³/mol. The van der Waals surface area contributed by atoms with Crippen molar-refractivity contribution in [1.82, 2.24) is 0 Å². The molecule has 0 aliphatic heterocycles. The zero-order chi connectivity index (χ0) is 10.2. The van der Waals surface area contributed by atoms with E-state index >= 15 is 0 Å². The van der Waals surface area contributed by atoms with E-state index in [2.05, 4.69) is 0 Å². The topological polar surface area (TPSA) is 0 Å².